The number of carbonyl (C=O) groups is 2. The van der Waals surface area contributed by atoms with E-state index in [1.807, 2.05) is 35.2 Å². The summed E-state index contributed by atoms with van der Waals surface area (Å²) >= 11 is 0. The quantitative estimate of drug-likeness (QED) is 0.253. The van der Waals surface area contributed by atoms with E-state index in [9.17, 15) is 14.7 Å². The number of ether oxygens (including phenoxy) is 2. The molecule has 246 valence electrons. The minimum atomic E-state index is -0.766. The molecule has 3 aromatic carbocycles. The molecule has 47 heavy (non-hydrogen) atoms. The lowest BCUT2D eigenvalue weighted by Gasteiger charge is -2.35. The number of aliphatic carboxylic acids is 1. The Morgan fingerprint density at radius 2 is 1.79 bits per heavy atom. The predicted octanol–water partition coefficient (Wildman–Crippen LogP) is 5.53. The number of hydrogen-bond donors (Lipinski definition) is 1. The van der Waals surface area contributed by atoms with Crippen LogP contribution < -0.4 is 9.64 Å². The van der Waals surface area contributed by atoms with Crippen LogP contribution in [0.3, 0.4) is 0 Å². The lowest BCUT2D eigenvalue weighted by molar-refractivity contribution is -0.138. The number of anilines is 1. The number of carboxylic acids is 1. The van der Waals surface area contributed by atoms with Gasteiger partial charge in [0.25, 0.3) is 0 Å². The van der Waals surface area contributed by atoms with Crippen LogP contribution in [0.15, 0.2) is 52.9 Å². The summed E-state index contributed by atoms with van der Waals surface area (Å²) in [6.07, 6.45) is 3.93. The lowest BCUT2D eigenvalue weighted by Crippen LogP contribution is -2.44. The van der Waals surface area contributed by atoms with Gasteiger partial charge < -0.3 is 23.9 Å². The number of oxazole rings is 1. The number of fused-ring (bicyclic) bond motifs is 2. The molecule has 1 amide bonds. The van der Waals surface area contributed by atoms with Crippen molar-refractivity contribution in [2.24, 2.45) is 0 Å². The van der Waals surface area contributed by atoms with E-state index in [-0.39, 0.29) is 18.4 Å². The average molecular weight is 639 g/mol. The maximum atomic E-state index is 13.3. The molecule has 1 aromatic heterocycles. The number of piperidine rings is 1. The van der Waals surface area contributed by atoms with E-state index in [4.69, 9.17) is 18.9 Å². The molecule has 4 heterocycles. The number of hydrogen-bond acceptors (Lipinski definition) is 8. The zero-order valence-electron chi connectivity index (χ0n) is 27.2. The number of likely N-dealkylation sites (tertiary alicyclic amines) is 1. The second-order valence-corrected chi connectivity index (χ2v) is 12.8. The minimum Gasteiger partial charge on any atom is -0.496 e. The van der Waals surface area contributed by atoms with Crippen molar-refractivity contribution in [3.05, 3.63) is 65.2 Å². The summed E-state index contributed by atoms with van der Waals surface area (Å²) in [7, 11) is 1.65. The molecule has 1 unspecified atom stereocenters. The molecule has 3 aliphatic heterocycles. The van der Waals surface area contributed by atoms with Crippen LogP contribution in [-0.2, 0) is 27.3 Å². The number of methoxy groups -OCH3 is 1. The van der Waals surface area contributed by atoms with Gasteiger partial charge in [0.1, 0.15) is 11.3 Å². The Labute approximate surface area is 274 Å². The van der Waals surface area contributed by atoms with Gasteiger partial charge in [-0.2, -0.15) is 0 Å². The fourth-order valence-corrected chi connectivity index (χ4v) is 7.49. The molecule has 10 nitrogen and oxygen atoms in total. The highest BCUT2D eigenvalue weighted by molar-refractivity contribution is 5.98. The molecular weight excluding hydrogens is 596 g/mol. The van der Waals surface area contributed by atoms with Crippen molar-refractivity contribution in [1.82, 2.24) is 14.8 Å². The van der Waals surface area contributed by atoms with Crippen molar-refractivity contribution in [1.29, 1.82) is 0 Å². The highest BCUT2D eigenvalue weighted by atomic mass is 16.5. The Bertz CT molecular complexity index is 1800. The van der Waals surface area contributed by atoms with E-state index in [1.165, 1.54) is 5.56 Å². The van der Waals surface area contributed by atoms with E-state index >= 15 is 0 Å². The van der Waals surface area contributed by atoms with Crippen molar-refractivity contribution >= 4 is 28.7 Å². The molecule has 0 aliphatic carbocycles. The monoisotopic (exact) mass is 638 g/mol. The summed E-state index contributed by atoms with van der Waals surface area (Å²) in [5, 5.41) is 9.46. The van der Waals surface area contributed by atoms with Gasteiger partial charge >= 0.3 is 5.97 Å². The molecule has 2 fully saturated rings. The van der Waals surface area contributed by atoms with Crippen LogP contribution in [0.1, 0.15) is 42.4 Å². The molecule has 7 rings (SSSR count). The summed E-state index contributed by atoms with van der Waals surface area (Å²) in [6.45, 7) is 7.56. The molecule has 4 aromatic rings. The fourth-order valence-electron chi connectivity index (χ4n) is 7.49. The highest BCUT2D eigenvalue weighted by Crippen LogP contribution is 2.40. The first-order chi connectivity index (χ1) is 22.9. The predicted molar refractivity (Wildman–Crippen MR) is 180 cm³/mol. The lowest BCUT2D eigenvalue weighted by atomic mass is 9.92. The zero-order valence-corrected chi connectivity index (χ0v) is 27.2. The molecule has 3 aliphatic rings. The molecule has 10 heteroatoms. The van der Waals surface area contributed by atoms with Gasteiger partial charge in [-0.1, -0.05) is 30.7 Å². The summed E-state index contributed by atoms with van der Waals surface area (Å²) in [5.74, 6) is 0.610. The van der Waals surface area contributed by atoms with Crippen molar-refractivity contribution < 1.29 is 28.6 Å². The van der Waals surface area contributed by atoms with Crippen molar-refractivity contribution in [2.45, 2.75) is 51.6 Å². The molecule has 2 saturated heterocycles. The number of carbonyl (C=O) groups excluding carboxylic acids is 1. The van der Waals surface area contributed by atoms with Crippen LogP contribution >= 0.6 is 0 Å². The number of rotatable bonds is 9. The third-order valence-electron chi connectivity index (χ3n) is 9.97. The number of aromatic nitrogens is 1. The van der Waals surface area contributed by atoms with Crippen LogP contribution in [-0.4, -0.2) is 90.9 Å². The molecule has 0 radical (unpaired) electrons. The topological polar surface area (TPSA) is 109 Å². The van der Waals surface area contributed by atoms with Crippen molar-refractivity contribution in [3.8, 4) is 28.3 Å². The van der Waals surface area contributed by atoms with Gasteiger partial charge in [0, 0.05) is 55.1 Å². The molecular formula is C37H42N4O6. The Morgan fingerprint density at radius 3 is 2.60 bits per heavy atom. The summed E-state index contributed by atoms with van der Waals surface area (Å²) in [6, 6.07) is 16.3. The maximum absolute atomic E-state index is 13.3. The van der Waals surface area contributed by atoms with Gasteiger partial charge in [-0.25, -0.2) is 4.98 Å². The van der Waals surface area contributed by atoms with Crippen molar-refractivity contribution in [2.75, 3.05) is 57.9 Å². The average Bonchev–Trinajstić information content (AvgIpc) is 3.70. The first kappa shape index (κ1) is 31.4. The number of morpholine rings is 1. The zero-order chi connectivity index (χ0) is 32.5. The number of benzene rings is 3. The molecule has 0 saturated carbocycles. The summed E-state index contributed by atoms with van der Waals surface area (Å²) in [5.41, 5.74) is 8.71. The number of nitrogens with zero attached hydrogens (tertiary/aromatic N) is 4. The molecule has 0 spiro atoms. The highest BCUT2D eigenvalue weighted by Gasteiger charge is 2.30. The fraction of sp³-hybridized carbons (Fsp3) is 0.432. The largest absolute Gasteiger partial charge is 0.496 e. The van der Waals surface area contributed by atoms with Gasteiger partial charge in [0.05, 0.1) is 33.3 Å². The molecule has 1 atom stereocenters. The van der Waals surface area contributed by atoms with Gasteiger partial charge in [0.15, 0.2) is 5.58 Å². The van der Waals surface area contributed by atoms with Gasteiger partial charge in [-0.3, -0.25) is 19.4 Å². The van der Waals surface area contributed by atoms with E-state index in [1.54, 1.807) is 7.11 Å². The second-order valence-electron chi connectivity index (χ2n) is 12.8. The van der Waals surface area contributed by atoms with E-state index < -0.39 is 5.97 Å². The first-order valence-corrected chi connectivity index (χ1v) is 16.7. The van der Waals surface area contributed by atoms with Crippen LogP contribution in [0.25, 0.3) is 33.7 Å². The van der Waals surface area contributed by atoms with Crippen LogP contribution in [0.2, 0.25) is 0 Å². The third kappa shape index (κ3) is 6.37. The van der Waals surface area contributed by atoms with Gasteiger partial charge in [0.2, 0.25) is 11.8 Å². The Hall–Kier alpha value is -4.25. The number of amides is 1. The Morgan fingerprint density at radius 1 is 1.00 bits per heavy atom. The second kappa shape index (κ2) is 13.5. The Kier molecular flexibility index (Phi) is 8.98. The molecule has 1 N–H and O–H groups in total. The van der Waals surface area contributed by atoms with Crippen molar-refractivity contribution in [3.63, 3.8) is 0 Å². The van der Waals surface area contributed by atoms with E-state index in [0.717, 1.165) is 84.3 Å². The van der Waals surface area contributed by atoms with Gasteiger partial charge in [-0.15, -0.1) is 0 Å². The van der Waals surface area contributed by atoms with Crippen LogP contribution in [0.5, 0.6) is 5.75 Å². The third-order valence-corrected chi connectivity index (χ3v) is 9.97. The minimum absolute atomic E-state index is 0.00863. The Balaban J connectivity index is 1.17. The standard InChI is InChI=1S/C37H42N4O6/c1-24-27(29-10-6-11-32-30(29)12-14-41(32)35(42)23-39-15-17-46-18-16-39)8-5-9-28(24)37-38-31-19-25(33(45-2)21-34(31)47-37)22-40-13-4-3-7-26(40)20-36(43)44/h5-6,8-11,19,21,26H,3-4,7,12-18,20,22-23H2,1-2H3,(H,43,44). The number of carboxylic acid groups (broad SMARTS) is 1. The van der Waals surface area contributed by atoms with Crippen LogP contribution in [0.4, 0.5) is 5.69 Å². The summed E-state index contributed by atoms with van der Waals surface area (Å²) in [4.78, 5) is 36.2. The first-order valence-electron chi connectivity index (χ1n) is 16.7. The van der Waals surface area contributed by atoms with E-state index in [2.05, 4.69) is 34.9 Å². The van der Waals surface area contributed by atoms with E-state index in [0.29, 0.717) is 50.1 Å². The van der Waals surface area contributed by atoms with Crippen LogP contribution in [0, 0.1) is 6.92 Å². The maximum Gasteiger partial charge on any atom is 0.304 e. The van der Waals surface area contributed by atoms with Gasteiger partial charge in [-0.05, 0) is 73.2 Å². The SMILES string of the molecule is COc1cc2oc(-c3cccc(-c4cccc5c4CCN5C(=O)CN4CCOCC4)c3C)nc2cc1CN1CCCCC1CC(=O)O. The normalized spacial score (nSPS) is 18.9. The molecule has 0 bridgehead atoms. The smallest absolute Gasteiger partial charge is 0.304 e. The summed E-state index contributed by atoms with van der Waals surface area (Å²) < 4.78 is 17.6.